The van der Waals surface area contributed by atoms with Crippen LogP contribution in [-0.2, 0) is 28.0 Å². The predicted molar refractivity (Wildman–Crippen MR) is 87.7 cm³/mol. The lowest BCUT2D eigenvalue weighted by molar-refractivity contribution is -0.154. The van der Waals surface area contributed by atoms with Gasteiger partial charge in [0.2, 0.25) is 11.8 Å². The maximum absolute atomic E-state index is 13.2. The molecule has 1 fully saturated rings. The normalized spacial score (nSPS) is 23.4. The van der Waals surface area contributed by atoms with E-state index in [1.807, 2.05) is 42.5 Å². The molecule has 0 saturated carbocycles. The van der Waals surface area contributed by atoms with E-state index in [9.17, 15) is 9.59 Å². The van der Waals surface area contributed by atoms with E-state index in [0.29, 0.717) is 19.4 Å². The Morgan fingerprint density at radius 2 is 1.57 bits per heavy atom. The van der Waals surface area contributed by atoms with E-state index in [1.165, 1.54) is 10.5 Å². The van der Waals surface area contributed by atoms with Gasteiger partial charge in [0.1, 0.15) is 0 Å². The monoisotopic (exact) mass is 305 g/mol. The van der Waals surface area contributed by atoms with Crippen LogP contribution in [0.25, 0.3) is 0 Å². The summed E-state index contributed by atoms with van der Waals surface area (Å²) in [6.45, 7) is 0.377. The third-order valence-electron chi connectivity index (χ3n) is 5.26. The summed E-state index contributed by atoms with van der Waals surface area (Å²) in [6.07, 6.45) is 2.85. The Morgan fingerprint density at radius 1 is 0.870 bits per heavy atom. The van der Waals surface area contributed by atoms with Crippen molar-refractivity contribution in [2.45, 2.75) is 37.6 Å². The van der Waals surface area contributed by atoms with Crippen LogP contribution in [-0.4, -0.2) is 16.7 Å². The number of imide groups is 1. The molecule has 1 spiro atoms. The molecular weight excluding hydrogens is 286 g/mol. The van der Waals surface area contributed by atoms with Gasteiger partial charge in [0.25, 0.3) is 0 Å². The van der Waals surface area contributed by atoms with Crippen LogP contribution < -0.4 is 0 Å². The van der Waals surface area contributed by atoms with Gasteiger partial charge in [0.15, 0.2) is 0 Å². The largest absolute Gasteiger partial charge is 0.277 e. The van der Waals surface area contributed by atoms with Gasteiger partial charge in [0.05, 0.1) is 12.0 Å². The number of amides is 2. The molecule has 1 aliphatic heterocycles. The molecule has 2 aromatic carbocycles. The predicted octanol–water partition coefficient (Wildman–Crippen LogP) is 3.22. The van der Waals surface area contributed by atoms with Crippen molar-refractivity contribution in [1.82, 2.24) is 4.90 Å². The van der Waals surface area contributed by atoms with Crippen LogP contribution in [0.15, 0.2) is 54.6 Å². The van der Waals surface area contributed by atoms with E-state index in [1.54, 1.807) is 0 Å². The van der Waals surface area contributed by atoms with E-state index >= 15 is 0 Å². The Hall–Kier alpha value is -2.42. The van der Waals surface area contributed by atoms with Gasteiger partial charge in [-0.25, -0.2) is 0 Å². The Balaban J connectivity index is 1.70. The number of rotatable bonds is 2. The summed E-state index contributed by atoms with van der Waals surface area (Å²) in [5.74, 6) is -0.0589. The van der Waals surface area contributed by atoms with Gasteiger partial charge < -0.3 is 0 Å². The van der Waals surface area contributed by atoms with Gasteiger partial charge in [0, 0.05) is 6.42 Å². The molecule has 0 radical (unpaired) electrons. The Kier molecular flexibility index (Phi) is 3.29. The number of benzene rings is 2. The number of hydrogen-bond acceptors (Lipinski definition) is 2. The minimum Gasteiger partial charge on any atom is -0.277 e. The summed E-state index contributed by atoms with van der Waals surface area (Å²) in [5.41, 5.74) is 2.90. The number of aryl methyl sites for hydroxylation is 1. The van der Waals surface area contributed by atoms with E-state index in [4.69, 9.17) is 0 Å². The number of carbonyl (C=O) groups excluding carboxylic acids is 2. The highest BCUT2D eigenvalue weighted by molar-refractivity contribution is 6.04. The molecule has 2 aliphatic rings. The number of fused-ring (bicyclic) bond motifs is 2. The van der Waals surface area contributed by atoms with Gasteiger partial charge in [-0.05, 0) is 36.0 Å². The summed E-state index contributed by atoms with van der Waals surface area (Å²) in [7, 11) is 0. The maximum Gasteiger partial charge on any atom is 0.240 e. The molecule has 0 aromatic heterocycles. The van der Waals surface area contributed by atoms with Crippen molar-refractivity contribution in [2.75, 3.05) is 0 Å². The summed E-state index contributed by atoms with van der Waals surface area (Å²) >= 11 is 0. The lowest BCUT2D eigenvalue weighted by Gasteiger charge is -2.38. The Labute approximate surface area is 135 Å². The second kappa shape index (κ2) is 5.34. The average molecular weight is 305 g/mol. The van der Waals surface area contributed by atoms with Crippen molar-refractivity contribution >= 4 is 11.8 Å². The van der Waals surface area contributed by atoms with E-state index < -0.39 is 5.41 Å². The highest BCUT2D eigenvalue weighted by Crippen LogP contribution is 2.46. The quantitative estimate of drug-likeness (QED) is 0.799. The number of nitrogens with zero attached hydrogens (tertiary/aromatic N) is 1. The lowest BCUT2D eigenvalue weighted by atomic mass is 9.74. The molecule has 23 heavy (non-hydrogen) atoms. The van der Waals surface area contributed by atoms with E-state index in [-0.39, 0.29) is 11.8 Å². The van der Waals surface area contributed by atoms with E-state index in [0.717, 1.165) is 24.0 Å². The summed E-state index contributed by atoms with van der Waals surface area (Å²) in [5, 5.41) is 0. The smallest absolute Gasteiger partial charge is 0.240 e. The first-order valence-corrected chi connectivity index (χ1v) is 8.18. The van der Waals surface area contributed by atoms with Crippen molar-refractivity contribution in [1.29, 1.82) is 0 Å². The van der Waals surface area contributed by atoms with Gasteiger partial charge in [-0.15, -0.1) is 0 Å². The number of piperidine rings is 1. The Morgan fingerprint density at radius 3 is 2.39 bits per heavy atom. The van der Waals surface area contributed by atoms with Crippen molar-refractivity contribution < 1.29 is 9.59 Å². The third-order valence-corrected chi connectivity index (χ3v) is 5.26. The summed E-state index contributed by atoms with van der Waals surface area (Å²) in [6, 6.07) is 17.9. The van der Waals surface area contributed by atoms with Crippen molar-refractivity contribution in [2.24, 2.45) is 0 Å². The highest BCUT2D eigenvalue weighted by atomic mass is 16.2. The second-order valence-electron chi connectivity index (χ2n) is 6.51. The average Bonchev–Trinajstić information content (AvgIpc) is 2.96. The molecule has 3 nitrogen and oxygen atoms in total. The zero-order valence-electron chi connectivity index (χ0n) is 13.0. The summed E-state index contributed by atoms with van der Waals surface area (Å²) in [4.78, 5) is 27.1. The van der Waals surface area contributed by atoms with Crippen LogP contribution in [0, 0.1) is 0 Å². The first kappa shape index (κ1) is 14.2. The van der Waals surface area contributed by atoms with Crippen LogP contribution in [0.1, 0.15) is 36.0 Å². The third kappa shape index (κ3) is 2.19. The molecule has 4 rings (SSSR count). The molecule has 3 heteroatoms. The minimum atomic E-state index is -0.487. The van der Waals surface area contributed by atoms with Gasteiger partial charge in [-0.1, -0.05) is 54.6 Å². The number of likely N-dealkylation sites (tertiary alicyclic amines) is 1. The summed E-state index contributed by atoms with van der Waals surface area (Å²) < 4.78 is 0. The van der Waals surface area contributed by atoms with Crippen LogP contribution in [0.3, 0.4) is 0 Å². The standard InChI is InChI=1S/C20H19NO2/c22-18-11-13-20(12-10-16-8-4-5-9-17(16)20)19(23)21(18)14-15-6-2-1-3-7-15/h1-9H,10-14H2. The highest BCUT2D eigenvalue weighted by Gasteiger charge is 2.51. The van der Waals surface area contributed by atoms with E-state index in [2.05, 4.69) is 12.1 Å². The maximum atomic E-state index is 13.2. The molecule has 116 valence electrons. The SMILES string of the molecule is O=C1CCC2(CCc3ccccc32)C(=O)N1Cc1ccccc1. The van der Waals surface area contributed by atoms with Crippen LogP contribution in [0.4, 0.5) is 0 Å². The second-order valence-corrected chi connectivity index (χ2v) is 6.51. The molecule has 1 aliphatic carbocycles. The molecule has 0 N–H and O–H groups in total. The molecule has 1 atom stereocenters. The zero-order chi connectivity index (χ0) is 15.9. The number of carbonyl (C=O) groups is 2. The molecular formula is C20H19NO2. The first-order valence-electron chi connectivity index (χ1n) is 8.18. The minimum absolute atomic E-state index is 0.0115. The van der Waals surface area contributed by atoms with Crippen LogP contribution >= 0.6 is 0 Å². The van der Waals surface area contributed by atoms with Gasteiger partial charge in [-0.3, -0.25) is 14.5 Å². The van der Waals surface area contributed by atoms with Crippen molar-refractivity contribution in [3.63, 3.8) is 0 Å². The fraction of sp³-hybridized carbons (Fsp3) is 0.300. The first-order chi connectivity index (χ1) is 11.2. The van der Waals surface area contributed by atoms with Crippen molar-refractivity contribution in [3.8, 4) is 0 Å². The topological polar surface area (TPSA) is 37.4 Å². The molecule has 0 bridgehead atoms. The molecule has 2 amide bonds. The van der Waals surface area contributed by atoms with Gasteiger partial charge >= 0.3 is 0 Å². The molecule has 2 aromatic rings. The number of hydrogen-bond donors (Lipinski definition) is 0. The molecule has 1 saturated heterocycles. The Bertz CT molecular complexity index is 768. The zero-order valence-corrected chi connectivity index (χ0v) is 13.0. The fourth-order valence-electron chi connectivity index (χ4n) is 4.03. The molecule has 1 heterocycles. The van der Waals surface area contributed by atoms with Crippen molar-refractivity contribution in [3.05, 3.63) is 71.3 Å². The molecule has 1 unspecified atom stereocenters. The lowest BCUT2D eigenvalue weighted by Crippen LogP contribution is -2.52. The van der Waals surface area contributed by atoms with Crippen LogP contribution in [0.5, 0.6) is 0 Å². The van der Waals surface area contributed by atoms with Gasteiger partial charge in [-0.2, -0.15) is 0 Å². The van der Waals surface area contributed by atoms with Crippen LogP contribution in [0.2, 0.25) is 0 Å². The fourth-order valence-corrected chi connectivity index (χ4v) is 4.03.